The van der Waals surface area contributed by atoms with E-state index >= 15 is 0 Å². The molecule has 27 heavy (non-hydrogen) atoms. The molecule has 0 saturated heterocycles. The van der Waals surface area contributed by atoms with Crippen LogP contribution < -0.4 is 5.32 Å². The molecule has 2 aromatic rings. The van der Waals surface area contributed by atoms with Crippen LogP contribution in [0.3, 0.4) is 0 Å². The molecule has 2 aromatic carbocycles. The summed E-state index contributed by atoms with van der Waals surface area (Å²) in [5.41, 5.74) is 0.556. The van der Waals surface area contributed by atoms with Gasteiger partial charge in [-0.25, -0.2) is 8.78 Å². The Labute approximate surface area is 154 Å². The van der Waals surface area contributed by atoms with Crippen LogP contribution in [0.2, 0.25) is 0 Å². The lowest BCUT2D eigenvalue weighted by Gasteiger charge is -2.16. The molecule has 0 atom stereocenters. The van der Waals surface area contributed by atoms with Crippen molar-refractivity contribution in [3.05, 3.63) is 65.7 Å². The highest BCUT2D eigenvalue weighted by Gasteiger charge is 2.16. The predicted octanol–water partition coefficient (Wildman–Crippen LogP) is 2.15. The molecule has 0 saturated carbocycles. The third-order valence-corrected chi connectivity index (χ3v) is 3.58. The SMILES string of the molecule is CN(CC(=O)Nc1ccc(F)cc1)C(=O)COC(=O)Cc1ccccc1F. The number of rotatable bonds is 7. The number of nitrogens with zero attached hydrogens (tertiary/aromatic N) is 1. The molecule has 0 spiro atoms. The summed E-state index contributed by atoms with van der Waals surface area (Å²) in [6.45, 7) is -0.839. The summed E-state index contributed by atoms with van der Waals surface area (Å²) >= 11 is 0. The first-order valence-corrected chi connectivity index (χ1v) is 8.03. The van der Waals surface area contributed by atoms with Crippen LogP contribution in [0, 0.1) is 11.6 Å². The lowest BCUT2D eigenvalue weighted by Crippen LogP contribution is -2.37. The first kappa shape index (κ1) is 20.0. The van der Waals surface area contributed by atoms with E-state index < -0.39 is 36.0 Å². The molecule has 0 aliphatic heterocycles. The molecule has 2 amide bonds. The minimum Gasteiger partial charge on any atom is -0.455 e. The van der Waals surface area contributed by atoms with Gasteiger partial charge in [-0.1, -0.05) is 18.2 Å². The van der Waals surface area contributed by atoms with Crippen LogP contribution in [-0.2, 0) is 25.5 Å². The molecule has 2 rings (SSSR count). The van der Waals surface area contributed by atoms with E-state index in [2.05, 4.69) is 5.32 Å². The number of hydrogen-bond acceptors (Lipinski definition) is 4. The zero-order chi connectivity index (χ0) is 19.8. The van der Waals surface area contributed by atoms with Crippen molar-refractivity contribution in [1.29, 1.82) is 0 Å². The fraction of sp³-hybridized carbons (Fsp3) is 0.211. The second-order valence-corrected chi connectivity index (χ2v) is 5.73. The second kappa shape index (κ2) is 9.42. The zero-order valence-corrected chi connectivity index (χ0v) is 14.6. The maximum Gasteiger partial charge on any atom is 0.310 e. The monoisotopic (exact) mass is 376 g/mol. The van der Waals surface area contributed by atoms with Crippen LogP contribution in [0.4, 0.5) is 14.5 Å². The van der Waals surface area contributed by atoms with E-state index in [4.69, 9.17) is 4.74 Å². The van der Waals surface area contributed by atoms with E-state index in [1.807, 2.05) is 0 Å². The van der Waals surface area contributed by atoms with Gasteiger partial charge in [0.05, 0.1) is 13.0 Å². The third kappa shape index (κ3) is 6.50. The minimum atomic E-state index is -0.752. The van der Waals surface area contributed by atoms with E-state index in [1.54, 1.807) is 6.07 Å². The van der Waals surface area contributed by atoms with Crippen molar-refractivity contribution in [2.75, 3.05) is 25.5 Å². The van der Waals surface area contributed by atoms with Crippen LogP contribution in [0.25, 0.3) is 0 Å². The first-order valence-electron chi connectivity index (χ1n) is 8.03. The van der Waals surface area contributed by atoms with Gasteiger partial charge in [-0.05, 0) is 35.9 Å². The summed E-state index contributed by atoms with van der Waals surface area (Å²) in [5.74, 6) is -2.80. The molecule has 142 valence electrons. The summed E-state index contributed by atoms with van der Waals surface area (Å²) in [5, 5.41) is 2.51. The Balaban J connectivity index is 1.76. The topological polar surface area (TPSA) is 75.7 Å². The number of ether oxygens (including phenoxy) is 1. The standard InChI is InChI=1S/C19H18F2N2O4/c1-23(11-17(24)22-15-8-6-14(20)7-9-15)18(25)12-27-19(26)10-13-4-2-3-5-16(13)21/h2-9H,10-12H2,1H3,(H,22,24). The third-order valence-electron chi connectivity index (χ3n) is 3.58. The van der Waals surface area contributed by atoms with Crippen molar-refractivity contribution >= 4 is 23.5 Å². The number of likely N-dealkylation sites (N-methyl/N-ethyl adjacent to an activating group) is 1. The molecule has 0 aliphatic rings. The molecular weight excluding hydrogens is 358 g/mol. The zero-order valence-electron chi connectivity index (χ0n) is 14.6. The number of amides is 2. The lowest BCUT2D eigenvalue weighted by molar-refractivity contribution is -0.151. The van der Waals surface area contributed by atoms with E-state index in [1.165, 1.54) is 49.5 Å². The molecule has 0 heterocycles. The minimum absolute atomic E-state index is 0.168. The van der Waals surface area contributed by atoms with E-state index in [0.29, 0.717) is 5.69 Å². The van der Waals surface area contributed by atoms with Gasteiger partial charge < -0.3 is 15.0 Å². The Bertz CT molecular complexity index is 825. The molecule has 0 unspecified atom stereocenters. The smallest absolute Gasteiger partial charge is 0.310 e. The Morgan fingerprint density at radius 1 is 1.04 bits per heavy atom. The maximum absolute atomic E-state index is 13.5. The molecule has 0 aliphatic carbocycles. The summed E-state index contributed by atoms with van der Waals surface area (Å²) in [4.78, 5) is 36.6. The van der Waals surface area contributed by atoms with Gasteiger partial charge >= 0.3 is 5.97 Å². The average molecular weight is 376 g/mol. The Morgan fingerprint density at radius 3 is 2.37 bits per heavy atom. The van der Waals surface area contributed by atoms with E-state index in [-0.39, 0.29) is 18.5 Å². The Hall–Kier alpha value is -3.29. The van der Waals surface area contributed by atoms with Crippen LogP contribution in [0.5, 0.6) is 0 Å². The number of carbonyl (C=O) groups excluding carboxylic acids is 3. The number of esters is 1. The van der Waals surface area contributed by atoms with Gasteiger partial charge in [-0.3, -0.25) is 14.4 Å². The number of halogens is 2. The summed E-state index contributed by atoms with van der Waals surface area (Å²) in [6.07, 6.45) is -0.297. The van der Waals surface area contributed by atoms with Crippen molar-refractivity contribution in [3.8, 4) is 0 Å². The fourth-order valence-electron chi connectivity index (χ4n) is 2.14. The average Bonchev–Trinajstić information content (AvgIpc) is 2.63. The van der Waals surface area contributed by atoms with Crippen molar-refractivity contribution in [3.63, 3.8) is 0 Å². The van der Waals surface area contributed by atoms with Gasteiger partial charge in [0, 0.05) is 12.7 Å². The van der Waals surface area contributed by atoms with Crippen LogP contribution in [0.15, 0.2) is 48.5 Å². The molecule has 1 N–H and O–H groups in total. The molecule has 0 radical (unpaired) electrons. The maximum atomic E-state index is 13.5. The first-order chi connectivity index (χ1) is 12.8. The Morgan fingerprint density at radius 2 is 1.70 bits per heavy atom. The number of hydrogen-bond donors (Lipinski definition) is 1. The summed E-state index contributed by atoms with van der Waals surface area (Å²) in [7, 11) is 1.37. The normalized spacial score (nSPS) is 10.2. The number of benzene rings is 2. The van der Waals surface area contributed by atoms with Crippen LogP contribution in [-0.4, -0.2) is 42.9 Å². The molecule has 8 heteroatoms. The second-order valence-electron chi connectivity index (χ2n) is 5.73. The van der Waals surface area contributed by atoms with Gasteiger partial charge in [-0.2, -0.15) is 0 Å². The highest BCUT2D eigenvalue weighted by molar-refractivity contribution is 5.94. The highest BCUT2D eigenvalue weighted by Crippen LogP contribution is 2.09. The molecule has 0 bridgehead atoms. The quantitative estimate of drug-likeness (QED) is 0.752. The number of anilines is 1. The summed E-state index contributed by atoms with van der Waals surface area (Å²) < 4.78 is 31.1. The molecule has 6 nitrogen and oxygen atoms in total. The van der Waals surface area contributed by atoms with Crippen LogP contribution in [0.1, 0.15) is 5.56 Å². The van der Waals surface area contributed by atoms with Crippen molar-refractivity contribution < 1.29 is 27.9 Å². The van der Waals surface area contributed by atoms with Gasteiger partial charge in [0.1, 0.15) is 11.6 Å². The highest BCUT2D eigenvalue weighted by atomic mass is 19.1. The van der Waals surface area contributed by atoms with Crippen molar-refractivity contribution in [2.45, 2.75) is 6.42 Å². The lowest BCUT2D eigenvalue weighted by atomic mass is 10.1. The van der Waals surface area contributed by atoms with Crippen molar-refractivity contribution in [2.24, 2.45) is 0 Å². The summed E-state index contributed by atoms with van der Waals surface area (Å²) in [6, 6.07) is 10.9. The molecule has 0 fully saturated rings. The molecular formula is C19H18F2N2O4. The van der Waals surface area contributed by atoms with E-state index in [9.17, 15) is 23.2 Å². The fourth-order valence-corrected chi connectivity index (χ4v) is 2.14. The Kier molecular flexibility index (Phi) is 6.99. The molecule has 0 aromatic heterocycles. The van der Waals surface area contributed by atoms with Crippen molar-refractivity contribution in [1.82, 2.24) is 4.90 Å². The van der Waals surface area contributed by atoms with E-state index in [0.717, 1.165) is 4.90 Å². The largest absolute Gasteiger partial charge is 0.455 e. The van der Waals surface area contributed by atoms with Gasteiger partial charge in [-0.15, -0.1) is 0 Å². The predicted molar refractivity (Wildman–Crippen MR) is 93.7 cm³/mol. The van der Waals surface area contributed by atoms with Gasteiger partial charge in [0.25, 0.3) is 5.91 Å². The number of nitrogens with one attached hydrogen (secondary N) is 1. The van der Waals surface area contributed by atoms with Crippen LogP contribution >= 0.6 is 0 Å². The van der Waals surface area contributed by atoms with Gasteiger partial charge in [0.15, 0.2) is 6.61 Å². The number of carbonyl (C=O) groups is 3. The van der Waals surface area contributed by atoms with Gasteiger partial charge in [0.2, 0.25) is 5.91 Å².